The van der Waals surface area contributed by atoms with E-state index in [2.05, 4.69) is 4.74 Å². The van der Waals surface area contributed by atoms with Crippen molar-refractivity contribution >= 4 is 6.47 Å². The first-order valence-corrected chi connectivity index (χ1v) is 1.68. The Balaban J connectivity index is -0.000000245. The van der Waals surface area contributed by atoms with Crippen molar-refractivity contribution in [1.82, 2.24) is 0 Å². The number of alkyl halides is 3. The minimum absolute atomic E-state index is 0. The van der Waals surface area contributed by atoms with Crippen LogP contribution in [0.5, 0.6) is 0 Å². The minimum Gasteiger partial charge on any atom is -1.00 e. The van der Waals surface area contributed by atoms with Crippen LogP contribution in [0.25, 0.3) is 0 Å². The fourth-order valence-corrected chi connectivity index (χ4v) is 0.129. The molecule has 0 aromatic heterocycles. The Labute approximate surface area is 63.0 Å². The molecule has 0 fully saturated rings. The Morgan fingerprint density at radius 1 is 1.56 bits per heavy atom. The van der Waals surface area contributed by atoms with E-state index >= 15 is 0 Å². The van der Waals surface area contributed by atoms with Crippen molar-refractivity contribution in [2.45, 2.75) is 6.18 Å². The molecular formula is C3H4F3LiO2. The van der Waals surface area contributed by atoms with Crippen LogP contribution >= 0.6 is 0 Å². The molecule has 50 valence electrons. The first kappa shape index (κ1) is 11.6. The summed E-state index contributed by atoms with van der Waals surface area (Å²) in [7, 11) is 0. The fraction of sp³-hybridized carbons (Fsp3) is 0.667. The molecule has 0 heterocycles. The minimum atomic E-state index is -4.40. The number of halogens is 3. The summed E-state index contributed by atoms with van der Waals surface area (Å²) in [6.07, 6.45) is -4.40. The van der Waals surface area contributed by atoms with Gasteiger partial charge in [-0.25, -0.2) is 0 Å². The Hall–Kier alpha value is -0.143. The average Bonchev–Trinajstić information content (AvgIpc) is 1.59. The summed E-state index contributed by atoms with van der Waals surface area (Å²) >= 11 is 0. The first-order valence-electron chi connectivity index (χ1n) is 1.68. The van der Waals surface area contributed by atoms with E-state index in [1.807, 2.05) is 0 Å². The third-order valence-electron chi connectivity index (χ3n) is 0.315. The van der Waals surface area contributed by atoms with Crippen LogP contribution < -0.4 is 18.9 Å². The van der Waals surface area contributed by atoms with Gasteiger partial charge in [-0.3, -0.25) is 4.79 Å². The third kappa shape index (κ3) is 11.4. The SMILES string of the molecule is O=COCC(F)(F)F.[H-].[Li+]. The second kappa shape index (κ2) is 4.71. The van der Waals surface area contributed by atoms with Gasteiger partial charge in [0, 0.05) is 0 Å². The van der Waals surface area contributed by atoms with Gasteiger partial charge in [-0.2, -0.15) is 13.2 Å². The topological polar surface area (TPSA) is 26.3 Å². The van der Waals surface area contributed by atoms with Crippen molar-refractivity contribution in [1.29, 1.82) is 0 Å². The predicted octanol–water partition coefficient (Wildman–Crippen LogP) is -2.16. The van der Waals surface area contributed by atoms with Gasteiger partial charge in [0.1, 0.15) is 0 Å². The van der Waals surface area contributed by atoms with Gasteiger partial charge in [0.05, 0.1) is 0 Å². The largest absolute Gasteiger partial charge is 1.00 e. The number of carbonyl (C=O) groups is 1. The Morgan fingerprint density at radius 2 is 2.00 bits per heavy atom. The van der Waals surface area contributed by atoms with E-state index in [0.717, 1.165) is 0 Å². The normalized spacial score (nSPS) is 9.67. The van der Waals surface area contributed by atoms with E-state index in [9.17, 15) is 13.2 Å². The molecule has 0 saturated heterocycles. The van der Waals surface area contributed by atoms with Crippen LogP contribution in [0, 0.1) is 0 Å². The monoisotopic (exact) mass is 136 g/mol. The summed E-state index contributed by atoms with van der Waals surface area (Å²) in [5, 5.41) is 0. The zero-order chi connectivity index (χ0) is 6.62. The van der Waals surface area contributed by atoms with Crippen molar-refractivity contribution in [3.63, 3.8) is 0 Å². The molecular weight excluding hydrogens is 132 g/mol. The second-order valence-corrected chi connectivity index (χ2v) is 1.02. The first-order chi connectivity index (χ1) is 3.56. The Kier molecular flexibility index (Phi) is 6.09. The van der Waals surface area contributed by atoms with Gasteiger partial charge in [0.2, 0.25) is 0 Å². The van der Waals surface area contributed by atoms with Crippen molar-refractivity contribution < 1.29 is 43.0 Å². The summed E-state index contributed by atoms with van der Waals surface area (Å²) in [5.74, 6) is 0. The maximum absolute atomic E-state index is 11.0. The summed E-state index contributed by atoms with van der Waals surface area (Å²) in [4.78, 5) is 9.13. The maximum Gasteiger partial charge on any atom is 1.00 e. The Morgan fingerprint density at radius 3 is 2.11 bits per heavy atom. The van der Waals surface area contributed by atoms with E-state index in [1.54, 1.807) is 0 Å². The van der Waals surface area contributed by atoms with E-state index in [0.29, 0.717) is 0 Å². The van der Waals surface area contributed by atoms with Gasteiger partial charge < -0.3 is 6.16 Å². The molecule has 9 heavy (non-hydrogen) atoms. The zero-order valence-electron chi connectivity index (χ0n) is 5.73. The van der Waals surface area contributed by atoms with Crippen LogP contribution in [0.1, 0.15) is 1.43 Å². The molecule has 0 aliphatic heterocycles. The number of rotatable bonds is 2. The molecule has 0 aromatic carbocycles. The molecule has 0 aromatic rings. The zero-order valence-corrected chi connectivity index (χ0v) is 4.73. The van der Waals surface area contributed by atoms with E-state index in [1.165, 1.54) is 0 Å². The third-order valence-corrected chi connectivity index (χ3v) is 0.315. The molecule has 2 nitrogen and oxygen atoms in total. The van der Waals surface area contributed by atoms with Crippen molar-refractivity contribution in [2.24, 2.45) is 0 Å². The molecule has 0 atom stereocenters. The van der Waals surface area contributed by atoms with Crippen LogP contribution in [0.3, 0.4) is 0 Å². The predicted molar refractivity (Wildman–Crippen MR) is 19.2 cm³/mol. The molecule has 0 rings (SSSR count). The van der Waals surface area contributed by atoms with Gasteiger partial charge in [-0.1, -0.05) is 0 Å². The van der Waals surface area contributed by atoms with E-state index < -0.39 is 12.8 Å². The summed E-state index contributed by atoms with van der Waals surface area (Å²) < 4.78 is 36.3. The number of hydrogen-bond donors (Lipinski definition) is 0. The second-order valence-electron chi connectivity index (χ2n) is 1.02. The molecule has 0 spiro atoms. The smallest absolute Gasteiger partial charge is 1.00 e. The van der Waals surface area contributed by atoms with Gasteiger partial charge in [-0.05, 0) is 0 Å². The van der Waals surface area contributed by atoms with E-state index in [-0.39, 0.29) is 26.8 Å². The van der Waals surface area contributed by atoms with Crippen molar-refractivity contribution in [3.05, 3.63) is 0 Å². The molecule has 0 radical (unpaired) electrons. The summed E-state index contributed by atoms with van der Waals surface area (Å²) in [6.45, 7) is -1.75. The van der Waals surface area contributed by atoms with Crippen molar-refractivity contribution in [2.75, 3.05) is 6.61 Å². The van der Waals surface area contributed by atoms with Crippen LogP contribution in [0.2, 0.25) is 0 Å². The number of hydrogen-bond acceptors (Lipinski definition) is 2. The van der Waals surface area contributed by atoms with Crippen LogP contribution in [-0.2, 0) is 9.53 Å². The molecule has 0 aliphatic carbocycles. The molecule has 0 saturated carbocycles. The van der Waals surface area contributed by atoms with Crippen LogP contribution in [0.15, 0.2) is 0 Å². The van der Waals surface area contributed by atoms with Gasteiger partial charge in [0.15, 0.2) is 6.61 Å². The molecule has 0 bridgehead atoms. The van der Waals surface area contributed by atoms with Gasteiger partial charge in [-0.15, -0.1) is 0 Å². The van der Waals surface area contributed by atoms with Crippen LogP contribution in [0.4, 0.5) is 13.2 Å². The molecule has 0 aliphatic rings. The average molecular weight is 136 g/mol. The maximum atomic E-state index is 11.0. The fourth-order valence-electron chi connectivity index (χ4n) is 0.129. The molecule has 0 amide bonds. The number of ether oxygens (including phenoxy) is 1. The standard InChI is InChI=1S/C3H3F3O2.Li.H/c4-3(5,6)1-8-2-7;;/h2H,1H2;;/q;+1;-1. The number of carbonyl (C=O) groups excluding carboxylic acids is 1. The van der Waals surface area contributed by atoms with Crippen molar-refractivity contribution in [3.8, 4) is 0 Å². The quantitative estimate of drug-likeness (QED) is 0.319. The molecule has 0 N–H and O–H groups in total. The van der Waals surface area contributed by atoms with Crippen LogP contribution in [-0.4, -0.2) is 19.3 Å². The van der Waals surface area contributed by atoms with E-state index in [4.69, 9.17) is 4.79 Å². The molecule has 0 unspecified atom stereocenters. The molecule has 6 heteroatoms. The Bertz CT molecular complexity index is 86.3. The van der Waals surface area contributed by atoms with Gasteiger partial charge in [0.25, 0.3) is 6.47 Å². The summed E-state index contributed by atoms with van der Waals surface area (Å²) in [5.41, 5.74) is 0. The summed E-state index contributed by atoms with van der Waals surface area (Å²) in [6, 6.07) is 0. The van der Waals surface area contributed by atoms with Gasteiger partial charge >= 0.3 is 25.0 Å².